The summed E-state index contributed by atoms with van der Waals surface area (Å²) >= 11 is 3.64. The summed E-state index contributed by atoms with van der Waals surface area (Å²) < 4.78 is 12.6. The topological polar surface area (TPSA) is 18.5 Å². The zero-order valence-electron chi connectivity index (χ0n) is 10.8. The van der Waals surface area contributed by atoms with Gasteiger partial charge < -0.3 is 9.47 Å². The average Bonchev–Trinajstić information content (AvgIpc) is 2.48. The van der Waals surface area contributed by atoms with Gasteiger partial charge >= 0.3 is 0 Å². The van der Waals surface area contributed by atoms with Crippen LogP contribution in [0.5, 0.6) is 5.75 Å². The lowest BCUT2D eigenvalue weighted by Crippen LogP contribution is -2.25. The average molecular weight is 321 g/mol. The van der Waals surface area contributed by atoms with Crippen molar-refractivity contribution in [3.8, 4) is 5.75 Å². The van der Waals surface area contributed by atoms with Crippen molar-refractivity contribution < 1.29 is 9.47 Å². The minimum Gasteiger partial charge on any atom is -0.490 e. The molecule has 100 valence electrons. The van der Waals surface area contributed by atoms with Crippen LogP contribution in [0.4, 0.5) is 0 Å². The van der Waals surface area contributed by atoms with E-state index in [1.807, 2.05) is 18.2 Å². The molecule has 1 heterocycles. The number of hydrogen-bond donors (Lipinski definition) is 0. The van der Waals surface area contributed by atoms with E-state index in [2.05, 4.69) is 34.1 Å². The molecule has 3 heteroatoms. The van der Waals surface area contributed by atoms with Gasteiger partial charge in [-0.3, -0.25) is 0 Å². The lowest BCUT2D eigenvalue weighted by atomic mass is 10.1. The largest absolute Gasteiger partial charge is 0.490 e. The number of ether oxygens (including phenoxy) is 2. The fourth-order valence-corrected chi connectivity index (χ4v) is 3.05. The van der Waals surface area contributed by atoms with Gasteiger partial charge in [-0.15, -0.1) is 0 Å². The highest BCUT2D eigenvalue weighted by molar-refractivity contribution is 9.10. The van der Waals surface area contributed by atoms with Gasteiger partial charge in [0.15, 0.2) is 0 Å². The molecule has 0 radical (unpaired) electrons. The van der Waals surface area contributed by atoms with Gasteiger partial charge in [0.25, 0.3) is 0 Å². The monoisotopic (exact) mass is 320 g/mol. The van der Waals surface area contributed by atoms with Crippen molar-refractivity contribution in [3.63, 3.8) is 0 Å². The Labute approximate surface area is 121 Å². The Morgan fingerprint density at radius 2 is 2.05 bits per heavy atom. The van der Waals surface area contributed by atoms with Crippen LogP contribution in [-0.2, 0) is 4.74 Å². The third-order valence-corrected chi connectivity index (χ3v) is 4.34. The molecule has 2 nitrogen and oxygen atoms in total. The van der Waals surface area contributed by atoms with Crippen molar-refractivity contribution >= 4 is 26.7 Å². The molecule has 1 fully saturated rings. The number of fused-ring (bicyclic) bond motifs is 1. The maximum absolute atomic E-state index is 5.91. The van der Waals surface area contributed by atoms with Gasteiger partial charge in [0, 0.05) is 6.61 Å². The first-order chi connectivity index (χ1) is 9.34. The molecule has 0 spiro atoms. The molecule has 1 aliphatic rings. The summed E-state index contributed by atoms with van der Waals surface area (Å²) in [6.45, 7) is 1.50. The quantitative estimate of drug-likeness (QED) is 0.826. The molecular formula is C16H17BrO2. The lowest BCUT2D eigenvalue weighted by molar-refractivity contribution is -0.0111. The molecule has 1 unspecified atom stereocenters. The molecule has 1 atom stereocenters. The second kappa shape index (κ2) is 5.93. The Bertz CT molecular complexity index is 562. The molecule has 2 aromatic carbocycles. The predicted octanol–water partition coefficient (Wildman–Crippen LogP) is 4.55. The molecule has 0 N–H and O–H groups in total. The van der Waals surface area contributed by atoms with Gasteiger partial charge in [-0.1, -0.05) is 30.3 Å². The van der Waals surface area contributed by atoms with Crippen LogP contribution in [0.25, 0.3) is 10.8 Å². The van der Waals surface area contributed by atoms with Gasteiger partial charge in [-0.05, 0) is 52.0 Å². The van der Waals surface area contributed by atoms with Gasteiger partial charge in [-0.2, -0.15) is 0 Å². The highest BCUT2D eigenvalue weighted by Crippen LogP contribution is 2.33. The highest BCUT2D eigenvalue weighted by Gasteiger charge is 2.15. The summed E-state index contributed by atoms with van der Waals surface area (Å²) in [4.78, 5) is 0. The number of rotatable bonds is 3. The van der Waals surface area contributed by atoms with Crippen molar-refractivity contribution in [2.45, 2.75) is 25.4 Å². The van der Waals surface area contributed by atoms with E-state index in [0.717, 1.165) is 23.2 Å². The van der Waals surface area contributed by atoms with Crippen LogP contribution in [0.15, 0.2) is 40.9 Å². The van der Waals surface area contributed by atoms with E-state index in [1.54, 1.807) is 0 Å². The Morgan fingerprint density at radius 3 is 2.89 bits per heavy atom. The summed E-state index contributed by atoms with van der Waals surface area (Å²) in [5, 5.41) is 2.40. The fraction of sp³-hybridized carbons (Fsp3) is 0.375. The second-order valence-electron chi connectivity index (χ2n) is 4.90. The summed E-state index contributed by atoms with van der Waals surface area (Å²) in [5.41, 5.74) is 0. The zero-order chi connectivity index (χ0) is 13.1. The Morgan fingerprint density at radius 1 is 1.16 bits per heavy atom. The summed E-state index contributed by atoms with van der Waals surface area (Å²) in [6.07, 6.45) is 3.76. The van der Waals surface area contributed by atoms with E-state index in [9.17, 15) is 0 Å². The van der Waals surface area contributed by atoms with Crippen LogP contribution in [-0.4, -0.2) is 19.3 Å². The Kier molecular flexibility index (Phi) is 4.04. The molecule has 0 bridgehead atoms. The van der Waals surface area contributed by atoms with Crippen LogP contribution in [0, 0.1) is 0 Å². The molecule has 1 saturated heterocycles. The van der Waals surface area contributed by atoms with E-state index in [0.29, 0.717) is 6.61 Å². The second-order valence-corrected chi connectivity index (χ2v) is 5.69. The zero-order valence-corrected chi connectivity index (χ0v) is 12.4. The summed E-state index contributed by atoms with van der Waals surface area (Å²) in [6, 6.07) is 12.4. The normalized spacial score (nSPS) is 19.5. The first-order valence-corrected chi connectivity index (χ1v) is 7.55. The standard InChI is InChI=1S/C16H17BrO2/c17-16-14-7-2-1-5-12(14)8-9-15(16)19-11-13-6-3-4-10-18-13/h1-2,5,7-9,13H,3-4,6,10-11H2. The minimum atomic E-state index is 0.243. The molecule has 2 aromatic rings. The van der Waals surface area contributed by atoms with Crippen LogP contribution >= 0.6 is 15.9 Å². The number of benzene rings is 2. The molecule has 3 rings (SSSR count). The highest BCUT2D eigenvalue weighted by atomic mass is 79.9. The minimum absolute atomic E-state index is 0.243. The van der Waals surface area contributed by atoms with Crippen LogP contribution in [0.3, 0.4) is 0 Å². The van der Waals surface area contributed by atoms with E-state index in [-0.39, 0.29) is 6.10 Å². The first-order valence-electron chi connectivity index (χ1n) is 6.76. The molecule has 0 amide bonds. The van der Waals surface area contributed by atoms with E-state index in [4.69, 9.17) is 9.47 Å². The van der Waals surface area contributed by atoms with Crippen molar-refractivity contribution in [3.05, 3.63) is 40.9 Å². The van der Waals surface area contributed by atoms with Crippen molar-refractivity contribution in [1.82, 2.24) is 0 Å². The van der Waals surface area contributed by atoms with Gasteiger partial charge in [0.1, 0.15) is 12.4 Å². The third-order valence-electron chi connectivity index (χ3n) is 3.53. The molecule has 0 saturated carbocycles. The van der Waals surface area contributed by atoms with Gasteiger partial charge in [0.2, 0.25) is 0 Å². The van der Waals surface area contributed by atoms with E-state index in [1.165, 1.54) is 23.6 Å². The van der Waals surface area contributed by atoms with Crippen molar-refractivity contribution in [2.75, 3.05) is 13.2 Å². The van der Waals surface area contributed by atoms with E-state index >= 15 is 0 Å². The smallest absolute Gasteiger partial charge is 0.134 e. The molecule has 0 aromatic heterocycles. The first kappa shape index (κ1) is 12.9. The maximum Gasteiger partial charge on any atom is 0.134 e. The van der Waals surface area contributed by atoms with Crippen molar-refractivity contribution in [1.29, 1.82) is 0 Å². The molecular weight excluding hydrogens is 304 g/mol. The Hall–Kier alpha value is -1.06. The maximum atomic E-state index is 5.91. The lowest BCUT2D eigenvalue weighted by Gasteiger charge is -2.23. The third kappa shape index (κ3) is 2.93. The SMILES string of the molecule is Brc1c(OCC2CCCCO2)ccc2ccccc12. The summed E-state index contributed by atoms with van der Waals surface area (Å²) in [5.74, 6) is 0.896. The molecule has 19 heavy (non-hydrogen) atoms. The Balaban J connectivity index is 1.75. The van der Waals surface area contributed by atoms with Crippen LogP contribution < -0.4 is 4.74 Å². The number of hydrogen-bond acceptors (Lipinski definition) is 2. The van der Waals surface area contributed by atoms with Gasteiger partial charge in [-0.25, -0.2) is 0 Å². The van der Waals surface area contributed by atoms with Crippen LogP contribution in [0.1, 0.15) is 19.3 Å². The van der Waals surface area contributed by atoms with Gasteiger partial charge in [0.05, 0.1) is 10.6 Å². The molecule has 0 aliphatic carbocycles. The summed E-state index contributed by atoms with van der Waals surface area (Å²) in [7, 11) is 0. The van der Waals surface area contributed by atoms with Crippen LogP contribution in [0.2, 0.25) is 0 Å². The van der Waals surface area contributed by atoms with Crippen molar-refractivity contribution in [2.24, 2.45) is 0 Å². The fourth-order valence-electron chi connectivity index (χ4n) is 2.45. The predicted molar refractivity (Wildman–Crippen MR) is 80.7 cm³/mol. The molecule has 1 aliphatic heterocycles. The van der Waals surface area contributed by atoms with E-state index < -0.39 is 0 Å². The number of halogens is 1.